The number of aryl methyl sites for hydroxylation is 1. The van der Waals surface area contributed by atoms with Crippen LogP contribution in [0.25, 0.3) is 11.0 Å². The molecule has 0 atom stereocenters. The first kappa shape index (κ1) is 21.8. The van der Waals surface area contributed by atoms with Crippen LogP contribution in [-0.4, -0.2) is 24.2 Å². The number of ketones is 1. The standard InChI is InChI=1S/C22H14ClF2N3O3S/c1-12-11-26-17-7-5-13(9-19(17)27-12)22(29)20-16(25)6-8-18(21(20)23)28-32(30,31)15-4-2-3-14(24)10-15/h2-11,28H,1H3. The van der Waals surface area contributed by atoms with Crippen molar-refractivity contribution in [2.45, 2.75) is 11.8 Å². The Labute approximate surface area is 187 Å². The van der Waals surface area contributed by atoms with Gasteiger partial charge >= 0.3 is 0 Å². The number of nitrogens with zero attached hydrogens (tertiary/aromatic N) is 2. The van der Waals surface area contributed by atoms with Crippen molar-refractivity contribution >= 4 is 44.1 Å². The zero-order chi connectivity index (χ0) is 23.0. The molecule has 4 rings (SSSR count). The molecule has 162 valence electrons. The summed E-state index contributed by atoms with van der Waals surface area (Å²) >= 11 is 6.24. The SMILES string of the molecule is Cc1cnc2ccc(C(=O)c3c(F)ccc(NS(=O)(=O)c4cccc(F)c4)c3Cl)cc2n1. The van der Waals surface area contributed by atoms with E-state index in [1.807, 2.05) is 0 Å². The number of benzene rings is 3. The van der Waals surface area contributed by atoms with E-state index in [0.717, 1.165) is 24.3 Å². The van der Waals surface area contributed by atoms with Gasteiger partial charge in [0.05, 0.1) is 37.9 Å². The van der Waals surface area contributed by atoms with Crippen LogP contribution in [0.1, 0.15) is 21.6 Å². The smallest absolute Gasteiger partial charge is 0.262 e. The fraction of sp³-hybridized carbons (Fsp3) is 0.0455. The Hall–Kier alpha value is -3.43. The molecule has 0 amide bonds. The Kier molecular flexibility index (Phi) is 5.62. The molecule has 0 aliphatic rings. The highest BCUT2D eigenvalue weighted by molar-refractivity contribution is 7.92. The number of halogens is 3. The molecular formula is C22H14ClF2N3O3S. The number of hydrogen-bond donors (Lipinski definition) is 1. The van der Waals surface area contributed by atoms with Crippen LogP contribution < -0.4 is 4.72 Å². The number of nitrogens with one attached hydrogen (secondary N) is 1. The molecule has 3 aromatic carbocycles. The molecule has 1 heterocycles. The maximum atomic E-state index is 14.6. The average molecular weight is 474 g/mol. The Balaban J connectivity index is 1.74. The van der Waals surface area contributed by atoms with Crippen molar-refractivity contribution in [2.24, 2.45) is 0 Å². The summed E-state index contributed by atoms with van der Waals surface area (Å²) in [5.41, 5.74) is 0.997. The van der Waals surface area contributed by atoms with Crippen molar-refractivity contribution < 1.29 is 22.0 Å². The minimum absolute atomic E-state index is 0.100. The van der Waals surface area contributed by atoms with E-state index in [4.69, 9.17) is 11.6 Å². The predicted octanol–water partition coefficient (Wildman–Crippen LogP) is 4.90. The van der Waals surface area contributed by atoms with Crippen LogP contribution in [0, 0.1) is 18.6 Å². The Morgan fingerprint density at radius 2 is 1.81 bits per heavy atom. The first-order valence-electron chi connectivity index (χ1n) is 9.20. The second kappa shape index (κ2) is 8.25. The monoisotopic (exact) mass is 473 g/mol. The highest BCUT2D eigenvalue weighted by Gasteiger charge is 2.24. The Morgan fingerprint density at radius 1 is 1.03 bits per heavy atom. The van der Waals surface area contributed by atoms with Crippen molar-refractivity contribution in [3.05, 3.63) is 94.3 Å². The van der Waals surface area contributed by atoms with Crippen molar-refractivity contribution in [3.63, 3.8) is 0 Å². The van der Waals surface area contributed by atoms with Gasteiger partial charge in [0.1, 0.15) is 11.6 Å². The van der Waals surface area contributed by atoms with Gasteiger partial charge in [-0.3, -0.25) is 14.5 Å². The van der Waals surface area contributed by atoms with Crippen molar-refractivity contribution in [1.82, 2.24) is 9.97 Å². The van der Waals surface area contributed by atoms with Gasteiger partial charge in [0.25, 0.3) is 10.0 Å². The lowest BCUT2D eigenvalue weighted by atomic mass is 10.0. The topological polar surface area (TPSA) is 89.0 Å². The number of aromatic nitrogens is 2. The molecule has 6 nitrogen and oxygen atoms in total. The predicted molar refractivity (Wildman–Crippen MR) is 116 cm³/mol. The van der Waals surface area contributed by atoms with Gasteiger partial charge in [0.2, 0.25) is 0 Å². The maximum absolute atomic E-state index is 14.6. The van der Waals surface area contributed by atoms with Crippen LogP contribution in [0.15, 0.2) is 65.7 Å². The quantitative estimate of drug-likeness (QED) is 0.416. The molecule has 0 aliphatic carbocycles. The van der Waals surface area contributed by atoms with E-state index in [1.165, 1.54) is 24.3 Å². The van der Waals surface area contributed by atoms with Gasteiger partial charge in [0.15, 0.2) is 5.78 Å². The molecule has 0 saturated heterocycles. The fourth-order valence-corrected chi connectivity index (χ4v) is 4.51. The summed E-state index contributed by atoms with van der Waals surface area (Å²) < 4.78 is 55.4. The summed E-state index contributed by atoms with van der Waals surface area (Å²) in [6.07, 6.45) is 1.58. The normalized spacial score (nSPS) is 11.5. The van der Waals surface area contributed by atoms with E-state index in [2.05, 4.69) is 14.7 Å². The summed E-state index contributed by atoms with van der Waals surface area (Å²) in [4.78, 5) is 21.2. The molecule has 32 heavy (non-hydrogen) atoms. The van der Waals surface area contributed by atoms with Crippen LogP contribution in [0.4, 0.5) is 14.5 Å². The summed E-state index contributed by atoms with van der Waals surface area (Å²) in [6.45, 7) is 1.74. The molecule has 0 aliphatic heterocycles. The van der Waals surface area contributed by atoms with Crippen molar-refractivity contribution in [3.8, 4) is 0 Å². The molecule has 0 saturated carbocycles. The van der Waals surface area contributed by atoms with E-state index in [0.29, 0.717) is 16.7 Å². The van der Waals surface area contributed by atoms with Crippen molar-refractivity contribution in [2.75, 3.05) is 4.72 Å². The highest BCUT2D eigenvalue weighted by atomic mass is 35.5. The fourth-order valence-electron chi connectivity index (χ4n) is 3.07. The lowest BCUT2D eigenvalue weighted by Gasteiger charge is -2.13. The second-order valence-electron chi connectivity index (χ2n) is 6.89. The van der Waals surface area contributed by atoms with E-state index in [9.17, 15) is 22.0 Å². The Morgan fingerprint density at radius 3 is 2.56 bits per heavy atom. The molecule has 0 fully saturated rings. The summed E-state index contributed by atoms with van der Waals surface area (Å²) in [5.74, 6) is -2.43. The van der Waals surface area contributed by atoms with Gasteiger partial charge in [-0.2, -0.15) is 0 Å². The van der Waals surface area contributed by atoms with Gasteiger partial charge in [-0.05, 0) is 55.5 Å². The molecule has 10 heteroatoms. The Bertz CT molecular complexity index is 1490. The van der Waals surface area contributed by atoms with Gasteiger partial charge in [-0.25, -0.2) is 22.2 Å². The summed E-state index contributed by atoms with van der Waals surface area (Å²) in [5, 5.41) is -0.426. The number of fused-ring (bicyclic) bond motifs is 1. The zero-order valence-corrected chi connectivity index (χ0v) is 18.0. The first-order valence-corrected chi connectivity index (χ1v) is 11.1. The molecular weight excluding hydrogens is 460 g/mol. The number of carbonyl (C=O) groups excluding carboxylic acids is 1. The van der Waals surface area contributed by atoms with Gasteiger partial charge < -0.3 is 0 Å². The third-order valence-electron chi connectivity index (χ3n) is 4.59. The number of sulfonamides is 1. The van der Waals surface area contributed by atoms with Crippen LogP contribution in [0.5, 0.6) is 0 Å². The number of anilines is 1. The third kappa shape index (κ3) is 4.17. The lowest BCUT2D eigenvalue weighted by molar-refractivity contribution is 0.103. The minimum Gasteiger partial charge on any atom is -0.288 e. The number of carbonyl (C=O) groups is 1. The van der Waals surface area contributed by atoms with E-state index in [-0.39, 0.29) is 16.1 Å². The number of hydrogen-bond acceptors (Lipinski definition) is 5. The summed E-state index contributed by atoms with van der Waals surface area (Å²) in [7, 11) is -4.24. The molecule has 1 aromatic heterocycles. The van der Waals surface area contributed by atoms with E-state index >= 15 is 0 Å². The molecule has 1 N–H and O–H groups in total. The molecule has 0 spiro atoms. The molecule has 0 bridgehead atoms. The van der Waals surface area contributed by atoms with E-state index < -0.39 is 38.0 Å². The van der Waals surface area contributed by atoms with Crippen LogP contribution >= 0.6 is 11.6 Å². The van der Waals surface area contributed by atoms with Crippen molar-refractivity contribution in [1.29, 1.82) is 0 Å². The van der Waals surface area contributed by atoms with Crippen LogP contribution in [-0.2, 0) is 10.0 Å². The highest BCUT2D eigenvalue weighted by Crippen LogP contribution is 2.32. The van der Waals surface area contributed by atoms with Gasteiger partial charge in [-0.15, -0.1) is 0 Å². The largest absolute Gasteiger partial charge is 0.288 e. The van der Waals surface area contributed by atoms with Gasteiger partial charge in [0, 0.05) is 11.8 Å². The lowest BCUT2D eigenvalue weighted by Crippen LogP contribution is -2.15. The molecule has 4 aromatic rings. The first-order chi connectivity index (χ1) is 15.2. The minimum atomic E-state index is -4.24. The second-order valence-corrected chi connectivity index (χ2v) is 8.95. The maximum Gasteiger partial charge on any atom is 0.262 e. The average Bonchev–Trinajstić information content (AvgIpc) is 2.75. The van der Waals surface area contributed by atoms with Crippen LogP contribution in [0.2, 0.25) is 5.02 Å². The molecule has 0 radical (unpaired) electrons. The van der Waals surface area contributed by atoms with Crippen LogP contribution in [0.3, 0.4) is 0 Å². The molecule has 0 unspecified atom stereocenters. The summed E-state index contributed by atoms with van der Waals surface area (Å²) in [6, 6.07) is 10.8. The number of rotatable bonds is 5. The third-order valence-corrected chi connectivity index (χ3v) is 6.35. The zero-order valence-electron chi connectivity index (χ0n) is 16.4. The van der Waals surface area contributed by atoms with Gasteiger partial charge in [-0.1, -0.05) is 17.7 Å². The van der Waals surface area contributed by atoms with E-state index in [1.54, 1.807) is 19.2 Å².